The number of fused-ring (bicyclic) bond motifs is 8. The highest BCUT2D eigenvalue weighted by Gasteiger charge is 2.49. The molecule has 1 N–H and O–H groups in total. The maximum Gasteiger partial charge on any atom is 0.410 e. The highest BCUT2D eigenvalue weighted by Crippen LogP contribution is 2.52. The number of nitrogens with zero attached hydrogens (tertiary/aromatic N) is 1. The smallest absolute Gasteiger partial charge is 0.410 e. The molecule has 8 rings (SSSR count). The highest BCUT2D eigenvalue weighted by atomic mass is 16.6. The van der Waals surface area contributed by atoms with Gasteiger partial charge < -0.3 is 14.7 Å². The third kappa shape index (κ3) is 3.74. The molecule has 2 bridgehead atoms. The number of aliphatic hydroxyl groups is 1. The summed E-state index contributed by atoms with van der Waals surface area (Å²) in [6, 6.07) is 32.0. The molecule has 2 atom stereocenters. The minimum Gasteiger partial charge on any atom is -0.448 e. The van der Waals surface area contributed by atoms with Crippen molar-refractivity contribution in [2.24, 2.45) is 0 Å². The normalized spacial score (nSPS) is 24.9. The van der Waals surface area contributed by atoms with E-state index in [9.17, 15) is 9.90 Å². The Labute approximate surface area is 248 Å². The zero-order valence-electron chi connectivity index (χ0n) is 24.3. The van der Waals surface area contributed by atoms with Crippen LogP contribution in [-0.4, -0.2) is 34.8 Å². The molecule has 4 heteroatoms. The van der Waals surface area contributed by atoms with Crippen LogP contribution in [0.1, 0.15) is 79.7 Å². The van der Waals surface area contributed by atoms with E-state index >= 15 is 0 Å². The predicted octanol–water partition coefficient (Wildman–Crippen LogP) is 8.15. The van der Waals surface area contributed by atoms with E-state index in [0.29, 0.717) is 19.4 Å². The van der Waals surface area contributed by atoms with Gasteiger partial charge in [0.2, 0.25) is 0 Å². The topological polar surface area (TPSA) is 49.8 Å². The molecule has 42 heavy (non-hydrogen) atoms. The van der Waals surface area contributed by atoms with Crippen molar-refractivity contribution in [2.75, 3.05) is 6.61 Å². The van der Waals surface area contributed by atoms with Crippen molar-refractivity contribution in [1.29, 1.82) is 0 Å². The summed E-state index contributed by atoms with van der Waals surface area (Å²) >= 11 is 0. The maximum atomic E-state index is 13.7. The van der Waals surface area contributed by atoms with Crippen LogP contribution < -0.4 is 0 Å². The molecule has 1 amide bonds. The highest BCUT2D eigenvalue weighted by molar-refractivity contribution is 5.81. The van der Waals surface area contributed by atoms with Crippen LogP contribution in [0.15, 0.2) is 91.0 Å². The summed E-state index contributed by atoms with van der Waals surface area (Å²) in [7, 11) is 0. The van der Waals surface area contributed by atoms with Gasteiger partial charge in [0.15, 0.2) is 0 Å². The second-order valence-corrected chi connectivity index (χ2v) is 13.3. The van der Waals surface area contributed by atoms with Crippen LogP contribution in [0.4, 0.5) is 4.79 Å². The lowest BCUT2D eigenvalue weighted by Crippen LogP contribution is -2.59. The first-order valence-corrected chi connectivity index (χ1v) is 15.5. The molecule has 2 unspecified atom stereocenters. The van der Waals surface area contributed by atoms with Crippen molar-refractivity contribution in [1.82, 2.24) is 4.90 Å². The monoisotopic (exact) mass is 555 g/mol. The number of piperidine rings is 2. The van der Waals surface area contributed by atoms with Gasteiger partial charge in [-0.15, -0.1) is 0 Å². The first-order chi connectivity index (χ1) is 20.3. The average molecular weight is 556 g/mol. The molecule has 0 aromatic heterocycles. The molecule has 2 saturated heterocycles. The van der Waals surface area contributed by atoms with E-state index in [1.807, 2.05) is 4.90 Å². The third-order valence-electron chi connectivity index (χ3n) is 10.7. The van der Waals surface area contributed by atoms with Crippen molar-refractivity contribution >= 4 is 6.09 Å². The Bertz CT molecular complexity index is 1660. The van der Waals surface area contributed by atoms with Gasteiger partial charge >= 0.3 is 6.09 Å². The third-order valence-corrected chi connectivity index (χ3v) is 10.7. The number of rotatable bonds is 3. The molecule has 2 aliphatic carbocycles. The van der Waals surface area contributed by atoms with Gasteiger partial charge in [-0.2, -0.15) is 0 Å². The van der Waals surface area contributed by atoms with Crippen molar-refractivity contribution in [3.05, 3.63) is 119 Å². The summed E-state index contributed by atoms with van der Waals surface area (Å²) in [5.41, 5.74) is 9.98. The van der Waals surface area contributed by atoms with Gasteiger partial charge in [-0.3, -0.25) is 0 Å². The van der Waals surface area contributed by atoms with Crippen LogP contribution in [0, 0.1) is 0 Å². The molecule has 4 aliphatic rings. The zero-order valence-corrected chi connectivity index (χ0v) is 24.3. The fraction of sp³-hybridized carbons (Fsp3) is 0.342. The van der Waals surface area contributed by atoms with Crippen LogP contribution in [0.3, 0.4) is 0 Å². The molecule has 0 spiro atoms. The number of hydrogen-bond donors (Lipinski definition) is 1. The van der Waals surface area contributed by atoms with E-state index in [1.54, 1.807) is 0 Å². The Morgan fingerprint density at radius 3 is 2.02 bits per heavy atom. The molecule has 2 aliphatic heterocycles. The lowest BCUT2D eigenvalue weighted by atomic mass is 9.71. The molecule has 4 aromatic carbocycles. The number of carbonyl (C=O) groups is 1. The molecule has 4 aromatic rings. The molecular formula is C38H37NO3. The van der Waals surface area contributed by atoms with Crippen LogP contribution in [0.2, 0.25) is 0 Å². The second-order valence-electron chi connectivity index (χ2n) is 13.3. The van der Waals surface area contributed by atoms with Crippen LogP contribution in [-0.2, 0) is 15.8 Å². The van der Waals surface area contributed by atoms with Crippen molar-refractivity contribution in [2.45, 2.75) is 75.0 Å². The van der Waals surface area contributed by atoms with E-state index < -0.39 is 5.60 Å². The number of amides is 1. The fourth-order valence-electron chi connectivity index (χ4n) is 8.63. The molecule has 0 radical (unpaired) electrons. The average Bonchev–Trinajstić information content (AvgIpc) is 3.44. The SMILES string of the molecule is CC1(C)c2ccccc2-c2ccc(C3(O)CC4CCCC(C3)N4C(=O)OCC3c4ccccc4-c4ccccc43)cc21. The summed E-state index contributed by atoms with van der Waals surface area (Å²) in [6.07, 6.45) is 3.71. The quantitative estimate of drug-likeness (QED) is 0.278. The lowest BCUT2D eigenvalue weighted by Gasteiger charge is -2.51. The van der Waals surface area contributed by atoms with E-state index in [0.717, 1.165) is 24.8 Å². The van der Waals surface area contributed by atoms with Crippen molar-refractivity contribution in [3.8, 4) is 22.3 Å². The molecule has 212 valence electrons. The van der Waals surface area contributed by atoms with Crippen LogP contribution in [0.25, 0.3) is 22.3 Å². The second kappa shape index (κ2) is 9.31. The Kier molecular flexibility index (Phi) is 5.71. The largest absolute Gasteiger partial charge is 0.448 e. The van der Waals surface area contributed by atoms with Gasteiger partial charge in [-0.1, -0.05) is 105 Å². The van der Waals surface area contributed by atoms with Gasteiger partial charge in [-0.05, 0) is 69.3 Å². The Balaban J connectivity index is 1.03. The number of ether oxygens (including phenoxy) is 1. The van der Waals surface area contributed by atoms with Crippen LogP contribution >= 0.6 is 0 Å². The fourth-order valence-corrected chi connectivity index (χ4v) is 8.63. The predicted molar refractivity (Wildman–Crippen MR) is 165 cm³/mol. The van der Waals surface area contributed by atoms with Gasteiger partial charge in [0.25, 0.3) is 0 Å². The minimum atomic E-state index is -0.963. The summed E-state index contributed by atoms with van der Waals surface area (Å²) in [6.45, 7) is 4.88. The maximum absolute atomic E-state index is 13.7. The summed E-state index contributed by atoms with van der Waals surface area (Å²) in [5.74, 6) is 0.0433. The van der Waals surface area contributed by atoms with E-state index in [4.69, 9.17) is 4.74 Å². The summed E-state index contributed by atoms with van der Waals surface area (Å²) in [5, 5.41) is 12.2. The number of benzene rings is 4. The van der Waals surface area contributed by atoms with Gasteiger partial charge in [0, 0.05) is 36.3 Å². The van der Waals surface area contributed by atoms with Crippen LogP contribution in [0.5, 0.6) is 0 Å². The van der Waals surface area contributed by atoms with Crippen molar-refractivity contribution < 1.29 is 14.6 Å². The lowest BCUT2D eigenvalue weighted by molar-refractivity contribution is -0.0891. The van der Waals surface area contributed by atoms with Gasteiger partial charge in [0.1, 0.15) is 6.61 Å². The number of hydrogen-bond acceptors (Lipinski definition) is 3. The molecule has 2 fully saturated rings. The first kappa shape index (κ1) is 25.8. The summed E-state index contributed by atoms with van der Waals surface area (Å²) < 4.78 is 6.12. The van der Waals surface area contributed by atoms with E-state index in [-0.39, 0.29) is 29.5 Å². The van der Waals surface area contributed by atoms with Crippen molar-refractivity contribution in [3.63, 3.8) is 0 Å². The first-order valence-electron chi connectivity index (χ1n) is 15.5. The Morgan fingerprint density at radius 1 is 0.786 bits per heavy atom. The number of carbonyl (C=O) groups excluding carboxylic acids is 1. The van der Waals surface area contributed by atoms with E-state index in [2.05, 4.69) is 105 Å². The minimum absolute atomic E-state index is 0.0309. The van der Waals surface area contributed by atoms with E-state index in [1.165, 1.54) is 44.5 Å². The van der Waals surface area contributed by atoms with Gasteiger partial charge in [0.05, 0.1) is 5.60 Å². The molecule has 4 nitrogen and oxygen atoms in total. The van der Waals surface area contributed by atoms with Gasteiger partial charge in [-0.25, -0.2) is 4.79 Å². The molecule has 2 heterocycles. The molecule has 0 saturated carbocycles. The summed E-state index contributed by atoms with van der Waals surface area (Å²) in [4.78, 5) is 15.7. The Hall–Kier alpha value is -3.89. The Morgan fingerprint density at radius 2 is 1.36 bits per heavy atom. The molecular weight excluding hydrogens is 518 g/mol. The standard InChI is InChI=1S/C38H37NO3/c1-37(2)34-17-8-7-16-31(34)32-19-18-24(20-35(32)37)38(41)21-25-10-9-11-26(22-38)39(25)36(40)42-23-33-29-14-5-3-12-27(29)28-13-4-6-15-30(28)33/h3-8,12-20,25-26,33,41H,9-11,21-23H2,1-2H3. The zero-order chi connectivity index (χ0) is 28.6.